The Hall–Kier alpha value is -1.91. The van der Waals surface area contributed by atoms with E-state index < -0.39 is 0 Å². The predicted molar refractivity (Wildman–Crippen MR) is 126 cm³/mol. The molecule has 0 radical (unpaired) electrons. The molecule has 1 fully saturated rings. The largest absolute Gasteiger partial charge is 0.359 e. The average Bonchev–Trinajstić information content (AvgIpc) is 3.14. The van der Waals surface area contributed by atoms with E-state index in [0.29, 0.717) is 12.3 Å². The standard InChI is InChI=1S/C20H31N7O.HI/c1-3-22-20(26-13-9-16(10-14-26)15-19(28)21-2)23-11-6-8-18-25-24-17-7-4-5-12-27(17)18;/h4-5,7,12,16H,3,6,8-11,13-15H2,1-2H3,(H,21,28)(H,22,23);1H. The molecule has 1 amide bonds. The first-order valence-corrected chi connectivity index (χ1v) is 10.2. The number of nitrogens with one attached hydrogen (secondary N) is 2. The van der Waals surface area contributed by atoms with Crippen molar-refractivity contribution >= 4 is 41.5 Å². The van der Waals surface area contributed by atoms with Crippen LogP contribution in [-0.4, -0.2) is 64.6 Å². The lowest BCUT2D eigenvalue weighted by molar-refractivity contribution is -0.121. The first kappa shape index (κ1) is 23.4. The number of carbonyl (C=O) groups is 1. The first-order valence-electron chi connectivity index (χ1n) is 10.2. The van der Waals surface area contributed by atoms with Gasteiger partial charge in [0.15, 0.2) is 11.6 Å². The molecule has 0 atom stereocenters. The highest BCUT2D eigenvalue weighted by atomic mass is 127. The molecule has 1 aliphatic rings. The van der Waals surface area contributed by atoms with Gasteiger partial charge in [-0.25, -0.2) is 0 Å². The first-order chi connectivity index (χ1) is 13.7. The van der Waals surface area contributed by atoms with Crippen molar-refractivity contribution in [2.24, 2.45) is 10.9 Å². The smallest absolute Gasteiger partial charge is 0.220 e. The number of carbonyl (C=O) groups excluding carboxylic acids is 1. The van der Waals surface area contributed by atoms with Gasteiger partial charge in [-0.15, -0.1) is 34.2 Å². The van der Waals surface area contributed by atoms with Gasteiger partial charge in [0.25, 0.3) is 0 Å². The van der Waals surface area contributed by atoms with Crippen LogP contribution in [0, 0.1) is 5.92 Å². The van der Waals surface area contributed by atoms with E-state index in [1.807, 2.05) is 28.8 Å². The van der Waals surface area contributed by atoms with Gasteiger partial charge in [-0.3, -0.25) is 14.2 Å². The van der Waals surface area contributed by atoms with Gasteiger partial charge in [0.2, 0.25) is 5.91 Å². The van der Waals surface area contributed by atoms with Crippen molar-refractivity contribution in [3.8, 4) is 0 Å². The van der Waals surface area contributed by atoms with E-state index in [0.717, 1.165) is 69.3 Å². The molecule has 1 aliphatic heterocycles. The summed E-state index contributed by atoms with van der Waals surface area (Å²) in [5.41, 5.74) is 0.883. The number of hydrogen-bond donors (Lipinski definition) is 2. The molecule has 0 spiro atoms. The lowest BCUT2D eigenvalue weighted by Gasteiger charge is -2.34. The number of aliphatic imine (C=N–C) groups is 1. The minimum atomic E-state index is 0. The third kappa shape index (κ3) is 6.55. The van der Waals surface area contributed by atoms with Gasteiger partial charge in [0.1, 0.15) is 5.82 Å². The van der Waals surface area contributed by atoms with Crippen molar-refractivity contribution in [3.05, 3.63) is 30.2 Å². The second-order valence-corrected chi connectivity index (χ2v) is 7.19. The summed E-state index contributed by atoms with van der Waals surface area (Å²) in [6, 6.07) is 5.93. The monoisotopic (exact) mass is 513 g/mol. The Bertz CT molecular complexity index is 799. The van der Waals surface area contributed by atoms with Gasteiger partial charge >= 0.3 is 0 Å². The fraction of sp³-hybridized carbons (Fsp3) is 0.600. The number of piperidine rings is 1. The Morgan fingerprint density at radius 2 is 2.07 bits per heavy atom. The van der Waals surface area contributed by atoms with Gasteiger partial charge in [0, 0.05) is 52.3 Å². The summed E-state index contributed by atoms with van der Waals surface area (Å²) in [6.07, 6.45) is 6.47. The third-order valence-electron chi connectivity index (χ3n) is 5.21. The van der Waals surface area contributed by atoms with E-state index in [-0.39, 0.29) is 29.9 Å². The zero-order valence-corrected chi connectivity index (χ0v) is 19.6. The predicted octanol–water partition coefficient (Wildman–Crippen LogP) is 2.09. The molecule has 1 saturated heterocycles. The van der Waals surface area contributed by atoms with Crippen LogP contribution in [0.3, 0.4) is 0 Å². The summed E-state index contributed by atoms with van der Waals surface area (Å²) < 4.78 is 2.03. The van der Waals surface area contributed by atoms with Crippen molar-refractivity contribution in [3.63, 3.8) is 0 Å². The Morgan fingerprint density at radius 3 is 2.79 bits per heavy atom. The molecule has 0 aliphatic carbocycles. The number of aromatic nitrogens is 3. The van der Waals surface area contributed by atoms with E-state index in [4.69, 9.17) is 4.99 Å². The molecule has 0 saturated carbocycles. The number of rotatable bonds is 7. The molecule has 3 rings (SSSR count). The van der Waals surface area contributed by atoms with Crippen LogP contribution < -0.4 is 10.6 Å². The number of pyridine rings is 1. The highest BCUT2D eigenvalue weighted by molar-refractivity contribution is 14.0. The average molecular weight is 513 g/mol. The fourth-order valence-electron chi connectivity index (χ4n) is 3.62. The number of likely N-dealkylation sites (tertiary alicyclic amines) is 1. The maximum Gasteiger partial charge on any atom is 0.220 e. The zero-order valence-electron chi connectivity index (χ0n) is 17.3. The number of guanidine groups is 1. The molecule has 0 bridgehead atoms. The molecule has 2 N–H and O–H groups in total. The van der Waals surface area contributed by atoms with Crippen LogP contribution in [0.15, 0.2) is 29.4 Å². The number of amides is 1. The third-order valence-corrected chi connectivity index (χ3v) is 5.21. The van der Waals surface area contributed by atoms with E-state index in [1.54, 1.807) is 7.05 Å². The number of halogens is 1. The van der Waals surface area contributed by atoms with Gasteiger partial charge in [0.05, 0.1) is 0 Å². The van der Waals surface area contributed by atoms with Crippen molar-refractivity contribution in [2.75, 3.05) is 33.2 Å². The molecule has 3 heterocycles. The molecule has 9 heteroatoms. The Kier molecular flexibility index (Phi) is 9.62. The summed E-state index contributed by atoms with van der Waals surface area (Å²) in [5.74, 6) is 2.57. The summed E-state index contributed by atoms with van der Waals surface area (Å²) in [7, 11) is 1.70. The van der Waals surface area contributed by atoms with Gasteiger partial charge < -0.3 is 15.5 Å². The summed E-state index contributed by atoms with van der Waals surface area (Å²) in [5, 5.41) is 14.6. The molecular formula is C20H32IN7O. The number of hydrogen-bond acceptors (Lipinski definition) is 4. The molecule has 2 aromatic heterocycles. The van der Waals surface area contributed by atoms with Gasteiger partial charge in [-0.05, 0) is 44.2 Å². The molecule has 29 heavy (non-hydrogen) atoms. The molecule has 8 nitrogen and oxygen atoms in total. The van der Waals surface area contributed by atoms with E-state index >= 15 is 0 Å². The van der Waals surface area contributed by atoms with Gasteiger partial charge in [-0.1, -0.05) is 6.07 Å². The Balaban J connectivity index is 0.00000300. The molecule has 0 unspecified atom stereocenters. The maximum absolute atomic E-state index is 11.6. The Morgan fingerprint density at radius 1 is 1.28 bits per heavy atom. The van der Waals surface area contributed by atoms with Crippen molar-refractivity contribution in [2.45, 2.75) is 39.0 Å². The highest BCUT2D eigenvalue weighted by Gasteiger charge is 2.23. The number of aryl methyl sites for hydroxylation is 1. The van der Waals surface area contributed by atoms with Crippen molar-refractivity contribution < 1.29 is 4.79 Å². The quantitative estimate of drug-likeness (QED) is 0.256. The molecule has 0 aromatic carbocycles. The summed E-state index contributed by atoms with van der Waals surface area (Å²) in [6.45, 7) is 5.59. The van der Waals surface area contributed by atoms with Crippen LogP contribution >= 0.6 is 24.0 Å². The van der Waals surface area contributed by atoms with E-state index in [2.05, 4.69) is 32.7 Å². The van der Waals surface area contributed by atoms with Crippen LogP contribution in [0.1, 0.15) is 38.4 Å². The van der Waals surface area contributed by atoms with Crippen LogP contribution in [0.4, 0.5) is 0 Å². The minimum absolute atomic E-state index is 0. The summed E-state index contributed by atoms with van der Waals surface area (Å²) >= 11 is 0. The molecular weight excluding hydrogens is 481 g/mol. The van der Waals surface area contributed by atoms with E-state index in [1.165, 1.54) is 0 Å². The lowest BCUT2D eigenvalue weighted by atomic mass is 9.93. The normalized spacial score (nSPS) is 15.2. The number of nitrogens with zero attached hydrogens (tertiary/aromatic N) is 5. The lowest BCUT2D eigenvalue weighted by Crippen LogP contribution is -2.46. The fourth-order valence-corrected chi connectivity index (χ4v) is 3.62. The Labute approximate surface area is 189 Å². The van der Waals surface area contributed by atoms with Crippen LogP contribution in [0.25, 0.3) is 5.65 Å². The van der Waals surface area contributed by atoms with Crippen LogP contribution in [0.5, 0.6) is 0 Å². The SMILES string of the molecule is CCNC(=NCCCc1nnc2ccccn12)N1CCC(CC(=O)NC)CC1.I. The van der Waals surface area contributed by atoms with Crippen LogP contribution in [-0.2, 0) is 11.2 Å². The number of fused-ring (bicyclic) bond motifs is 1. The van der Waals surface area contributed by atoms with Crippen LogP contribution in [0.2, 0.25) is 0 Å². The molecule has 160 valence electrons. The maximum atomic E-state index is 11.6. The minimum Gasteiger partial charge on any atom is -0.359 e. The van der Waals surface area contributed by atoms with Crippen molar-refractivity contribution in [1.29, 1.82) is 0 Å². The van der Waals surface area contributed by atoms with Gasteiger partial charge in [-0.2, -0.15) is 0 Å². The highest BCUT2D eigenvalue weighted by Crippen LogP contribution is 2.20. The van der Waals surface area contributed by atoms with E-state index in [9.17, 15) is 4.79 Å². The van der Waals surface area contributed by atoms with Crippen molar-refractivity contribution in [1.82, 2.24) is 30.1 Å². The summed E-state index contributed by atoms with van der Waals surface area (Å²) in [4.78, 5) is 18.7. The molecule has 2 aromatic rings. The second-order valence-electron chi connectivity index (χ2n) is 7.19. The zero-order chi connectivity index (χ0) is 19.8. The second kappa shape index (κ2) is 11.9. The topological polar surface area (TPSA) is 86.9 Å².